The van der Waals surface area contributed by atoms with Crippen molar-refractivity contribution in [3.63, 3.8) is 0 Å². The van der Waals surface area contributed by atoms with E-state index in [-0.39, 0.29) is 43.8 Å². The molecule has 3 rings (SSSR count). The van der Waals surface area contributed by atoms with Crippen LogP contribution in [0.5, 0.6) is 0 Å². The van der Waals surface area contributed by atoms with Crippen molar-refractivity contribution in [2.75, 3.05) is 17.1 Å². The van der Waals surface area contributed by atoms with Gasteiger partial charge in [-0.2, -0.15) is 0 Å². The first-order valence-corrected chi connectivity index (χ1v) is 15.7. The number of anilines is 1. The highest BCUT2D eigenvalue weighted by molar-refractivity contribution is 7.92. The molecule has 0 bridgehead atoms. The maximum absolute atomic E-state index is 13.9. The molecule has 0 spiro atoms. The van der Waals surface area contributed by atoms with Crippen LogP contribution in [0.4, 0.5) is 10.1 Å². The lowest BCUT2D eigenvalue weighted by Gasteiger charge is -2.33. The largest absolute Gasteiger partial charge is 0.352 e. The van der Waals surface area contributed by atoms with E-state index in [9.17, 15) is 22.4 Å². The summed E-state index contributed by atoms with van der Waals surface area (Å²) >= 11 is 0. The number of carbonyl (C=O) groups is 2. The molecule has 0 radical (unpaired) electrons. The first-order valence-electron chi connectivity index (χ1n) is 13.9. The average molecular weight is 582 g/mol. The third-order valence-electron chi connectivity index (χ3n) is 6.97. The summed E-state index contributed by atoms with van der Waals surface area (Å²) in [6, 6.07) is 21.8. The highest BCUT2D eigenvalue weighted by atomic mass is 32.2. The van der Waals surface area contributed by atoms with Gasteiger partial charge in [0.25, 0.3) is 0 Å². The lowest BCUT2D eigenvalue weighted by Crippen LogP contribution is -2.52. The topological polar surface area (TPSA) is 86.8 Å². The Morgan fingerprint density at radius 2 is 1.61 bits per heavy atom. The molecule has 0 heterocycles. The van der Waals surface area contributed by atoms with Crippen molar-refractivity contribution in [1.82, 2.24) is 10.2 Å². The molecular weight excluding hydrogens is 541 g/mol. The maximum Gasteiger partial charge on any atom is 0.243 e. The number of carbonyl (C=O) groups excluding carboxylic acids is 2. The molecule has 3 aromatic rings. The van der Waals surface area contributed by atoms with E-state index >= 15 is 0 Å². The van der Waals surface area contributed by atoms with Crippen molar-refractivity contribution in [3.8, 4) is 0 Å². The van der Waals surface area contributed by atoms with Gasteiger partial charge in [0.05, 0.1) is 11.9 Å². The number of amides is 2. The number of rotatable bonds is 14. The first kappa shape index (κ1) is 31.8. The van der Waals surface area contributed by atoms with E-state index in [1.165, 1.54) is 28.6 Å². The second-order valence-corrected chi connectivity index (χ2v) is 12.4. The van der Waals surface area contributed by atoms with Crippen molar-refractivity contribution in [1.29, 1.82) is 0 Å². The van der Waals surface area contributed by atoms with Gasteiger partial charge in [-0.15, -0.1) is 0 Å². The number of hydrogen-bond donors (Lipinski definition) is 1. The molecule has 1 N–H and O–H groups in total. The number of aryl methyl sites for hydroxylation is 1. The minimum Gasteiger partial charge on any atom is -0.352 e. The van der Waals surface area contributed by atoms with Crippen molar-refractivity contribution in [2.45, 2.75) is 65.1 Å². The summed E-state index contributed by atoms with van der Waals surface area (Å²) < 4.78 is 39.6. The standard InChI is InChI=1S/C32H40FN3O4S/c1-5-25(3)34-32(38)30(22-26-12-7-6-8-13-26)35(23-27-14-9-11-24(2)21-27)31(37)15-10-20-36(41(4,39)40)29-18-16-28(33)17-19-29/h6-9,11-14,16-19,21,25,30H,5,10,15,20,22-23H2,1-4H3,(H,34,38)/t25-,30-/m0/s1. The van der Waals surface area contributed by atoms with E-state index in [1.54, 1.807) is 4.90 Å². The van der Waals surface area contributed by atoms with Crippen LogP contribution in [0.2, 0.25) is 0 Å². The van der Waals surface area contributed by atoms with Crippen LogP contribution in [-0.2, 0) is 32.6 Å². The summed E-state index contributed by atoms with van der Waals surface area (Å²) in [5.41, 5.74) is 3.20. The summed E-state index contributed by atoms with van der Waals surface area (Å²) in [6.45, 7) is 6.17. The van der Waals surface area contributed by atoms with Crippen molar-refractivity contribution >= 4 is 27.5 Å². The van der Waals surface area contributed by atoms with Crippen molar-refractivity contribution in [3.05, 3.63) is 101 Å². The van der Waals surface area contributed by atoms with Crippen molar-refractivity contribution in [2.24, 2.45) is 0 Å². The highest BCUT2D eigenvalue weighted by Crippen LogP contribution is 2.21. The Labute approximate surface area is 243 Å². The molecule has 2 amide bonds. The first-order chi connectivity index (χ1) is 19.5. The summed E-state index contributed by atoms with van der Waals surface area (Å²) in [5, 5.41) is 3.05. The number of nitrogens with one attached hydrogen (secondary N) is 1. The summed E-state index contributed by atoms with van der Waals surface area (Å²) in [7, 11) is -3.67. The molecule has 0 aliphatic rings. The predicted molar refractivity (Wildman–Crippen MR) is 161 cm³/mol. The SMILES string of the molecule is CC[C@H](C)NC(=O)[C@H](Cc1ccccc1)N(Cc1cccc(C)c1)C(=O)CCCN(c1ccc(F)cc1)S(C)(=O)=O. The monoisotopic (exact) mass is 581 g/mol. The molecule has 0 aliphatic carbocycles. The Hall–Kier alpha value is -3.72. The number of halogens is 1. The van der Waals surface area contributed by atoms with Gasteiger partial charge in [-0.25, -0.2) is 12.8 Å². The van der Waals surface area contributed by atoms with Crippen LogP contribution in [0.15, 0.2) is 78.9 Å². The van der Waals surface area contributed by atoms with E-state index < -0.39 is 21.9 Å². The van der Waals surface area contributed by atoms with Crippen LogP contribution < -0.4 is 9.62 Å². The molecule has 0 aromatic heterocycles. The van der Waals surface area contributed by atoms with Gasteiger partial charge in [0.15, 0.2) is 0 Å². The molecule has 3 aromatic carbocycles. The Morgan fingerprint density at radius 1 is 0.951 bits per heavy atom. The van der Waals surface area contributed by atoms with Gasteiger partial charge in [-0.1, -0.05) is 67.1 Å². The lowest BCUT2D eigenvalue weighted by atomic mass is 10.0. The summed E-state index contributed by atoms with van der Waals surface area (Å²) in [4.78, 5) is 29.1. The van der Waals surface area contributed by atoms with Crippen LogP contribution in [0.25, 0.3) is 0 Å². The van der Waals surface area contributed by atoms with Crippen LogP contribution >= 0.6 is 0 Å². The highest BCUT2D eigenvalue weighted by Gasteiger charge is 2.31. The molecule has 220 valence electrons. The Balaban J connectivity index is 1.89. The smallest absolute Gasteiger partial charge is 0.243 e. The van der Waals surface area contributed by atoms with Gasteiger partial charge in [-0.05, 0) is 62.1 Å². The quantitative estimate of drug-likeness (QED) is 0.282. The van der Waals surface area contributed by atoms with Gasteiger partial charge < -0.3 is 10.2 Å². The van der Waals surface area contributed by atoms with Crippen LogP contribution in [0, 0.1) is 12.7 Å². The van der Waals surface area contributed by atoms with Gasteiger partial charge in [0.2, 0.25) is 21.8 Å². The average Bonchev–Trinajstić information content (AvgIpc) is 2.93. The molecule has 2 atom stereocenters. The molecule has 0 fully saturated rings. The van der Waals surface area contributed by atoms with Crippen molar-refractivity contribution < 1.29 is 22.4 Å². The third-order valence-corrected chi connectivity index (χ3v) is 8.17. The van der Waals surface area contributed by atoms with Crippen LogP contribution in [0.1, 0.15) is 49.8 Å². The van der Waals surface area contributed by atoms with Gasteiger partial charge in [-0.3, -0.25) is 13.9 Å². The van der Waals surface area contributed by atoms with Gasteiger partial charge >= 0.3 is 0 Å². The van der Waals surface area contributed by atoms with E-state index in [2.05, 4.69) is 5.32 Å². The molecule has 0 saturated heterocycles. The number of nitrogens with zero attached hydrogens (tertiary/aromatic N) is 2. The second-order valence-electron chi connectivity index (χ2n) is 10.4. The van der Waals surface area contributed by atoms with Gasteiger partial charge in [0.1, 0.15) is 11.9 Å². The Kier molecular flexibility index (Phi) is 11.5. The second kappa shape index (κ2) is 14.8. The summed E-state index contributed by atoms with van der Waals surface area (Å²) in [5.74, 6) is -0.947. The van der Waals surface area contributed by atoms with E-state index in [4.69, 9.17) is 0 Å². The molecule has 9 heteroatoms. The zero-order valence-corrected chi connectivity index (χ0v) is 25.0. The number of sulfonamides is 1. The van der Waals surface area contributed by atoms with E-state index in [1.807, 2.05) is 75.4 Å². The number of hydrogen-bond acceptors (Lipinski definition) is 4. The Bertz CT molecular complexity index is 1400. The lowest BCUT2D eigenvalue weighted by molar-refractivity contribution is -0.141. The Morgan fingerprint density at radius 3 is 2.22 bits per heavy atom. The normalized spacial score (nSPS) is 12.8. The molecule has 0 aliphatic heterocycles. The third kappa shape index (κ3) is 9.70. The van der Waals surface area contributed by atoms with Crippen LogP contribution in [-0.4, -0.2) is 50.0 Å². The number of benzene rings is 3. The summed E-state index contributed by atoms with van der Waals surface area (Å²) in [6.07, 6.45) is 2.42. The molecule has 0 saturated carbocycles. The minimum atomic E-state index is -3.67. The minimum absolute atomic E-state index is 0.0287. The molecule has 41 heavy (non-hydrogen) atoms. The maximum atomic E-state index is 13.9. The zero-order chi connectivity index (χ0) is 30.0. The van der Waals surface area contributed by atoms with E-state index in [0.29, 0.717) is 12.1 Å². The predicted octanol–water partition coefficient (Wildman–Crippen LogP) is 5.24. The fraction of sp³-hybridized carbons (Fsp3) is 0.375. The molecule has 7 nitrogen and oxygen atoms in total. The molecule has 0 unspecified atom stereocenters. The zero-order valence-electron chi connectivity index (χ0n) is 24.2. The van der Waals surface area contributed by atoms with Crippen LogP contribution in [0.3, 0.4) is 0 Å². The fourth-order valence-electron chi connectivity index (χ4n) is 4.61. The fourth-order valence-corrected chi connectivity index (χ4v) is 5.58. The molecular formula is C32H40FN3O4S. The van der Waals surface area contributed by atoms with Gasteiger partial charge in [0, 0.05) is 32.0 Å². The van der Waals surface area contributed by atoms with E-state index in [0.717, 1.165) is 29.4 Å².